The molecular formula is C34H28F3N2NaO5. The molecule has 1 aliphatic carbocycles. The van der Waals surface area contributed by atoms with Crippen molar-refractivity contribution in [3.63, 3.8) is 0 Å². The first kappa shape index (κ1) is 33.8. The van der Waals surface area contributed by atoms with Crippen LogP contribution in [-0.4, -0.2) is 17.0 Å². The molecule has 0 aliphatic heterocycles. The van der Waals surface area contributed by atoms with E-state index in [4.69, 9.17) is 9.15 Å². The third-order valence-corrected chi connectivity index (χ3v) is 7.34. The summed E-state index contributed by atoms with van der Waals surface area (Å²) >= 11 is 0. The molecular weight excluding hydrogens is 596 g/mol. The van der Waals surface area contributed by atoms with Crippen molar-refractivity contribution in [2.24, 2.45) is 0 Å². The van der Waals surface area contributed by atoms with Gasteiger partial charge in [-0.15, -0.1) is 0 Å². The molecule has 1 N–H and O–H groups in total. The van der Waals surface area contributed by atoms with Gasteiger partial charge in [-0.1, -0.05) is 92.7 Å². The van der Waals surface area contributed by atoms with Crippen LogP contribution in [0.4, 0.5) is 23.7 Å². The van der Waals surface area contributed by atoms with E-state index in [0.717, 1.165) is 22.8 Å². The molecule has 1 saturated carbocycles. The summed E-state index contributed by atoms with van der Waals surface area (Å²) in [5.74, 6) is -0.962. The zero-order valence-electron chi connectivity index (χ0n) is 24.9. The number of hydrogen-bond donors (Lipinski definition) is 1. The second kappa shape index (κ2) is 13.9. The molecule has 45 heavy (non-hydrogen) atoms. The van der Waals surface area contributed by atoms with Crippen LogP contribution in [0.2, 0.25) is 0 Å². The standard InChI is InChI=1S/C32H23F3N2O5.C2H6.Na/c33-32(34,35)25-15-14-24-26(37-30(40)41-18-19-4-2-1-3-5-19)27(42-28(24)36-25)22-8-6-20(7-9-22)21-10-12-23(13-11-21)31(16-17-31)29(38)39;1-2;/h1-15H,16-18H2,(H,37,40)(H,38,39);1-2H3;/q;;+1/p-1. The number of amides is 1. The van der Waals surface area contributed by atoms with Gasteiger partial charge < -0.3 is 19.1 Å². The summed E-state index contributed by atoms with van der Waals surface area (Å²) in [4.78, 5) is 27.9. The van der Waals surface area contributed by atoms with Gasteiger partial charge in [-0.2, -0.15) is 13.2 Å². The van der Waals surface area contributed by atoms with Crippen molar-refractivity contribution in [3.05, 3.63) is 108 Å². The monoisotopic (exact) mass is 624 g/mol. The number of alkyl halides is 3. The Labute approximate surface area is 279 Å². The van der Waals surface area contributed by atoms with Gasteiger partial charge in [-0.05, 0) is 47.2 Å². The Hall–Kier alpha value is -4.12. The fourth-order valence-corrected chi connectivity index (χ4v) is 4.86. The van der Waals surface area contributed by atoms with Crippen molar-refractivity contribution in [1.82, 2.24) is 4.98 Å². The number of carboxylic acid groups (broad SMARTS) is 1. The van der Waals surface area contributed by atoms with Gasteiger partial charge in [-0.25, -0.2) is 9.78 Å². The molecule has 5 aromatic rings. The number of nitrogens with zero attached hydrogens (tertiary/aromatic N) is 1. The number of hydrogen-bond acceptors (Lipinski definition) is 6. The second-order valence-electron chi connectivity index (χ2n) is 10.1. The quantitative estimate of drug-likeness (QED) is 0.263. The molecule has 1 aliphatic rings. The molecule has 1 amide bonds. The molecule has 0 radical (unpaired) electrons. The minimum Gasteiger partial charge on any atom is -0.549 e. The van der Waals surface area contributed by atoms with E-state index in [1.54, 1.807) is 60.7 Å². The average Bonchev–Trinajstić information content (AvgIpc) is 3.79. The van der Waals surface area contributed by atoms with Crippen LogP contribution >= 0.6 is 0 Å². The topological polar surface area (TPSA) is 104 Å². The Bertz CT molecular complexity index is 1780. The average molecular weight is 625 g/mol. The Morgan fingerprint density at radius 3 is 2.02 bits per heavy atom. The van der Waals surface area contributed by atoms with E-state index < -0.39 is 29.3 Å². The minimum atomic E-state index is -4.68. The van der Waals surface area contributed by atoms with E-state index in [1.807, 2.05) is 32.0 Å². The van der Waals surface area contributed by atoms with Crippen molar-refractivity contribution in [3.8, 4) is 22.5 Å². The molecule has 0 unspecified atom stereocenters. The first-order valence-electron chi connectivity index (χ1n) is 14.1. The second-order valence-corrected chi connectivity index (χ2v) is 10.1. The van der Waals surface area contributed by atoms with Crippen LogP contribution in [0.15, 0.2) is 95.4 Å². The van der Waals surface area contributed by atoms with Gasteiger partial charge in [0, 0.05) is 11.0 Å². The number of fused-ring (bicyclic) bond motifs is 1. The molecule has 0 atom stereocenters. The predicted molar refractivity (Wildman–Crippen MR) is 157 cm³/mol. The zero-order valence-corrected chi connectivity index (χ0v) is 26.9. The fraction of sp³-hybridized carbons (Fsp3) is 0.206. The third-order valence-electron chi connectivity index (χ3n) is 7.34. The number of aliphatic carboxylic acids is 1. The van der Waals surface area contributed by atoms with Gasteiger partial charge in [0.25, 0.3) is 0 Å². The number of pyridine rings is 1. The van der Waals surface area contributed by atoms with Crippen LogP contribution in [-0.2, 0) is 27.7 Å². The Morgan fingerprint density at radius 2 is 1.47 bits per heavy atom. The van der Waals surface area contributed by atoms with Crippen LogP contribution in [0.25, 0.3) is 33.6 Å². The number of aromatic nitrogens is 1. The van der Waals surface area contributed by atoms with Gasteiger partial charge in [0.05, 0.1) is 11.4 Å². The number of carboxylic acids is 1. The number of anilines is 1. The van der Waals surface area contributed by atoms with E-state index in [0.29, 0.717) is 24.0 Å². The summed E-state index contributed by atoms with van der Waals surface area (Å²) in [7, 11) is 0. The van der Waals surface area contributed by atoms with E-state index in [1.165, 1.54) is 6.07 Å². The Balaban J connectivity index is 0.00000151. The molecule has 0 bridgehead atoms. The molecule has 2 aromatic heterocycles. The van der Waals surface area contributed by atoms with Crippen LogP contribution in [0.3, 0.4) is 0 Å². The summed E-state index contributed by atoms with van der Waals surface area (Å²) in [6.07, 6.45) is -4.39. The van der Waals surface area contributed by atoms with Crippen molar-refractivity contribution in [2.45, 2.75) is 44.9 Å². The molecule has 2 heterocycles. The minimum absolute atomic E-state index is 0. The normalized spacial score (nSPS) is 13.2. The number of ether oxygens (including phenoxy) is 1. The van der Waals surface area contributed by atoms with Gasteiger partial charge in [-0.3, -0.25) is 5.32 Å². The Morgan fingerprint density at radius 1 is 0.889 bits per heavy atom. The predicted octanol–water partition coefficient (Wildman–Crippen LogP) is 4.74. The molecule has 6 rings (SSSR count). The first-order valence-corrected chi connectivity index (χ1v) is 14.1. The van der Waals surface area contributed by atoms with Crippen LogP contribution in [0, 0.1) is 0 Å². The SMILES string of the molecule is CC.O=C(Nc1c(-c2ccc(-c3ccc(C4(C(=O)[O-])CC4)cc3)cc2)oc2nc(C(F)(F)F)ccc12)OCc1ccccc1.[Na+]. The number of rotatable bonds is 7. The number of carbonyl (C=O) groups is 2. The van der Waals surface area contributed by atoms with Crippen molar-refractivity contribution in [1.29, 1.82) is 0 Å². The van der Waals surface area contributed by atoms with Crippen LogP contribution < -0.4 is 40.0 Å². The summed E-state index contributed by atoms with van der Waals surface area (Å²) in [5.41, 5.74) is 1.39. The van der Waals surface area contributed by atoms with Crippen molar-refractivity contribution < 1.29 is 66.6 Å². The molecule has 1 fully saturated rings. The molecule has 3 aromatic carbocycles. The summed E-state index contributed by atoms with van der Waals surface area (Å²) < 4.78 is 51.1. The number of carbonyl (C=O) groups excluding carboxylic acids is 2. The van der Waals surface area contributed by atoms with Crippen molar-refractivity contribution >= 4 is 28.8 Å². The van der Waals surface area contributed by atoms with E-state index >= 15 is 0 Å². The maximum Gasteiger partial charge on any atom is 1.00 e. The maximum absolute atomic E-state index is 13.3. The fourth-order valence-electron chi connectivity index (χ4n) is 4.86. The summed E-state index contributed by atoms with van der Waals surface area (Å²) in [5, 5.41) is 14.3. The van der Waals surface area contributed by atoms with E-state index in [2.05, 4.69) is 10.3 Å². The number of furan rings is 1. The summed E-state index contributed by atoms with van der Waals surface area (Å²) in [6.45, 7) is 3.99. The summed E-state index contributed by atoms with van der Waals surface area (Å²) in [6, 6.07) is 25.2. The number of nitrogens with one attached hydrogen (secondary N) is 1. The maximum atomic E-state index is 13.3. The number of benzene rings is 3. The molecule has 0 saturated heterocycles. The van der Waals surface area contributed by atoms with Gasteiger partial charge in [0.2, 0.25) is 5.71 Å². The largest absolute Gasteiger partial charge is 1.00 e. The molecule has 226 valence electrons. The van der Waals surface area contributed by atoms with Crippen LogP contribution in [0.5, 0.6) is 0 Å². The van der Waals surface area contributed by atoms with Gasteiger partial charge >= 0.3 is 41.8 Å². The number of halogens is 3. The van der Waals surface area contributed by atoms with Crippen molar-refractivity contribution in [2.75, 3.05) is 5.32 Å². The zero-order chi connectivity index (χ0) is 31.5. The van der Waals surface area contributed by atoms with E-state index in [-0.39, 0.29) is 58.7 Å². The third kappa shape index (κ3) is 7.24. The van der Waals surface area contributed by atoms with Gasteiger partial charge in [0.1, 0.15) is 18.0 Å². The van der Waals surface area contributed by atoms with E-state index in [9.17, 15) is 27.9 Å². The molecule has 11 heteroatoms. The molecule has 7 nitrogen and oxygen atoms in total. The molecule has 0 spiro atoms. The smallest absolute Gasteiger partial charge is 0.549 e. The Kier molecular flexibility index (Phi) is 10.4. The van der Waals surface area contributed by atoms with Crippen LogP contribution in [0.1, 0.15) is 43.5 Å². The first-order chi connectivity index (χ1) is 21.1. The van der Waals surface area contributed by atoms with Gasteiger partial charge in [0.15, 0.2) is 5.76 Å².